The molecule has 1 heterocycles. The summed E-state index contributed by atoms with van der Waals surface area (Å²) in [5.41, 5.74) is 1.04. The van der Waals surface area contributed by atoms with Crippen molar-refractivity contribution in [3.05, 3.63) is 0 Å². The van der Waals surface area contributed by atoms with E-state index in [1.807, 2.05) is 6.92 Å². The van der Waals surface area contributed by atoms with Crippen molar-refractivity contribution in [2.75, 3.05) is 12.0 Å². The van der Waals surface area contributed by atoms with Crippen molar-refractivity contribution >= 4 is 27.0 Å². The van der Waals surface area contributed by atoms with Gasteiger partial charge in [0.05, 0.1) is 6.54 Å². The van der Waals surface area contributed by atoms with Crippen LogP contribution in [0.5, 0.6) is 0 Å². The van der Waals surface area contributed by atoms with Crippen molar-refractivity contribution < 1.29 is 4.79 Å². The fourth-order valence-electron chi connectivity index (χ4n) is 1.04. The summed E-state index contributed by atoms with van der Waals surface area (Å²) >= 11 is -0.0759. The van der Waals surface area contributed by atoms with Gasteiger partial charge in [-0.3, -0.25) is 0 Å². The quantitative estimate of drug-likeness (QED) is 0.611. The highest BCUT2D eigenvalue weighted by Crippen LogP contribution is 2.04. The summed E-state index contributed by atoms with van der Waals surface area (Å²) in [6.45, 7) is 2.69. The lowest BCUT2D eigenvalue weighted by Crippen LogP contribution is -2.37. The zero-order valence-electron chi connectivity index (χ0n) is 7.63. The summed E-state index contributed by atoms with van der Waals surface area (Å²) in [5.74, 6) is 2.17. The predicted molar refractivity (Wildman–Crippen MR) is 50.8 cm³/mol. The predicted octanol–water partition coefficient (Wildman–Crippen LogP) is 0.220. The normalized spacial score (nSPS) is 15.8. The molecule has 0 spiro atoms. The Morgan fingerprint density at radius 3 is 3.08 bits per heavy atom. The average Bonchev–Trinajstić information content (AvgIpc) is 2.47. The molecular weight excluding hydrogens is 169 g/mol. The van der Waals surface area contributed by atoms with Crippen LogP contribution < -0.4 is 5.32 Å². The molecule has 0 saturated heterocycles. The summed E-state index contributed by atoms with van der Waals surface area (Å²) in [6, 6.07) is -0.0406. The number of hydrazone groups is 1. The van der Waals surface area contributed by atoms with E-state index in [4.69, 9.17) is 0 Å². The molecule has 0 bridgehead atoms. The first-order valence-electron chi connectivity index (χ1n) is 4.33. The smallest absolute Gasteiger partial charge is 0.336 e. The maximum atomic E-state index is 11.3. The van der Waals surface area contributed by atoms with Crippen molar-refractivity contribution in [2.24, 2.45) is 5.10 Å². The molecule has 4 nitrogen and oxygen atoms in total. The fraction of sp³-hybridized carbons (Fsp3) is 0.714. The first-order valence-corrected chi connectivity index (χ1v) is 6.75. The largest absolute Gasteiger partial charge is 0.351 e. The molecule has 0 radical (unpaired) electrons. The second-order valence-electron chi connectivity index (χ2n) is 2.94. The van der Waals surface area contributed by atoms with Crippen molar-refractivity contribution in [2.45, 2.75) is 19.1 Å². The van der Waals surface area contributed by atoms with Crippen LogP contribution in [0.1, 0.15) is 13.3 Å². The van der Waals surface area contributed by atoms with Crippen molar-refractivity contribution in [3.8, 4) is 0 Å². The molecule has 2 amide bonds. The van der Waals surface area contributed by atoms with Gasteiger partial charge in [-0.15, -0.1) is 5.79 Å². The van der Waals surface area contributed by atoms with Gasteiger partial charge in [0.15, 0.2) is 0 Å². The first kappa shape index (κ1) is 9.56. The lowest BCUT2D eigenvalue weighted by molar-refractivity contribution is 0.207. The lowest BCUT2D eigenvalue weighted by Gasteiger charge is -2.11. The Kier molecular flexibility index (Phi) is 3.57. The second-order valence-corrected chi connectivity index (χ2v) is 4.44. The van der Waals surface area contributed by atoms with Gasteiger partial charge in [-0.25, -0.2) is 9.80 Å². The SMILES string of the molecule is [CH3][AlH][CH2]NC(=O)N1CCC(C)=N1. The molecule has 1 rings (SSSR count). The van der Waals surface area contributed by atoms with E-state index >= 15 is 0 Å². The molecule has 0 unspecified atom stereocenters. The van der Waals surface area contributed by atoms with Gasteiger partial charge < -0.3 is 5.32 Å². The summed E-state index contributed by atoms with van der Waals surface area (Å²) in [7, 11) is 0. The first-order chi connectivity index (χ1) is 5.74. The minimum atomic E-state index is -0.0759. The number of amides is 2. The van der Waals surface area contributed by atoms with Crippen molar-refractivity contribution in [3.63, 3.8) is 0 Å². The molecule has 0 fully saturated rings. The van der Waals surface area contributed by atoms with Gasteiger partial charge in [-0.2, -0.15) is 5.10 Å². The standard InChI is InChI=1S/C6H10N3O.CH3.Al.H/c1-5-3-4-9(8-5)6(10)7-2;;;/h2-4H2,1H3,(H,7,10);1H3;;. The molecule has 0 atom stereocenters. The Hall–Kier alpha value is -0.528. The third kappa shape index (κ3) is 2.51. The van der Waals surface area contributed by atoms with E-state index < -0.39 is 0 Å². The van der Waals surface area contributed by atoms with Crippen LogP contribution in [0.25, 0.3) is 0 Å². The molecule has 0 aromatic heterocycles. The van der Waals surface area contributed by atoms with Crippen LogP contribution in [0.15, 0.2) is 5.10 Å². The van der Waals surface area contributed by atoms with E-state index in [1.165, 1.54) is 5.01 Å². The zero-order valence-corrected chi connectivity index (χ0v) is 9.05. The van der Waals surface area contributed by atoms with E-state index in [1.54, 1.807) is 0 Å². The Labute approximate surface area is 78.7 Å². The van der Waals surface area contributed by atoms with Crippen molar-refractivity contribution in [1.29, 1.82) is 0 Å². The topological polar surface area (TPSA) is 44.7 Å². The molecule has 0 saturated carbocycles. The lowest BCUT2D eigenvalue weighted by atomic mass is 10.3. The van der Waals surface area contributed by atoms with Gasteiger partial charge in [0.25, 0.3) is 15.2 Å². The Morgan fingerprint density at radius 2 is 2.58 bits per heavy atom. The Bertz CT molecular complexity index is 205. The van der Waals surface area contributed by atoms with Gasteiger partial charge in [0, 0.05) is 12.1 Å². The number of hydrogen-bond acceptors (Lipinski definition) is 2. The van der Waals surface area contributed by atoms with Crippen LogP contribution in [0.2, 0.25) is 5.79 Å². The molecular formula is C7H14AlN3O. The number of rotatable bonds is 2. The second kappa shape index (κ2) is 4.49. The molecule has 66 valence electrons. The zero-order chi connectivity index (χ0) is 8.97. The van der Waals surface area contributed by atoms with Gasteiger partial charge in [0.2, 0.25) is 0 Å². The number of nitrogens with zero attached hydrogens (tertiary/aromatic N) is 2. The third-order valence-corrected chi connectivity index (χ3v) is 2.49. The van der Waals surface area contributed by atoms with E-state index in [0.717, 1.165) is 24.1 Å². The Morgan fingerprint density at radius 1 is 1.83 bits per heavy atom. The van der Waals surface area contributed by atoms with E-state index in [-0.39, 0.29) is 21.3 Å². The van der Waals surface area contributed by atoms with Gasteiger partial charge in [0.1, 0.15) is 0 Å². The number of carbonyl (C=O) groups is 1. The molecule has 1 aliphatic rings. The van der Waals surface area contributed by atoms with Crippen LogP contribution in [-0.2, 0) is 0 Å². The maximum Gasteiger partial charge on any atom is 0.336 e. The van der Waals surface area contributed by atoms with Gasteiger partial charge in [-0.1, -0.05) is 0 Å². The van der Waals surface area contributed by atoms with Crippen molar-refractivity contribution in [1.82, 2.24) is 10.3 Å². The number of carbonyl (C=O) groups excluding carboxylic acids is 1. The molecule has 0 aliphatic carbocycles. The summed E-state index contributed by atoms with van der Waals surface area (Å²) < 4.78 is 0. The van der Waals surface area contributed by atoms with Crippen LogP contribution >= 0.6 is 0 Å². The van der Waals surface area contributed by atoms with Crippen LogP contribution in [-0.4, -0.2) is 43.9 Å². The average molecular weight is 183 g/mol. The van der Waals surface area contributed by atoms with E-state index in [0.29, 0.717) is 0 Å². The molecule has 0 aromatic rings. The monoisotopic (exact) mass is 183 g/mol. The highest BCUT2D eigenvalue weighted by atomic mass is 27.1. The minimum absolute atomic E-state index is 0.0406. The van der Waals surface area contributed by atoms with E-state index in [9.17, 15) is 4.79 Å². The molecule has 0 aromatic carbocycles. The number of urea groups is 1. The molecule has 1 aliphatic heterocycles. The minimum Gasteiger partial charge on any atom is -0.351 e. The fourth-order valence-corrected chi connectivity index (χ4v) is 1.51. The van der Waals surface area contributed by atoms with Gasteiger partial charge in [-0.05, 0) is 12.3 Å². The molecule has 1 N–H and O–H groups in total. The van der Waals surface area contributed by atoms with Crippen LogP contribution in [0, 0.1) is 0 Å². The summed E-state index contributed by atoms with van der Waals surface area (Å²) in [6.07, 6.45) is 0.914. The van der Waals surface area contributed by atoms with Crippen LogP contribution in [0.4, 0.5) is 4.79 Å². The Balaban J connectivity index is 2.33. The number of nitrogens with one attached hydrogen (secondary N) is 1. The summed E-state index contributed by atoms with van der Waals surface area (Å²) in [4.78, 5) is 11.3. The van der Waals surface area contributed by atoms with E-state index in [2.05, 4.69) is 16.2 Å². The van der Waals surface area contributed by atoms with Crippen LogP contribution in [0.3, 0.4) is 0 Å². The molecule has 12 heavy (non-hydrogen) atoms. The maximum absolute atomic E-state index is 11.3. The van der Waals surface area contributed by atoms with Gasteiger partial charge >= 0.3 is 6.03 Å². The number of hydrogen-bond donors (Lipinski definition) is 1. The molecule has 5 heteroatoms. The summed E-state index contributed by atoms with van der Waals surface area (Å²) in [5, 5.41) is 9.31. The third-order valence-electron chi connectivity index (χ3n) is 1.74. The highest BCUT2D eigenvalue weighted by Gasteiger charge is 2.16. The highest BCUT2D eigenvalue weighted by molar-refractivity contribution is 6.34.